The van der Waals surface area contributed by atoms with Gasteiger partial charge in [0.2, 0.25) is 5.89 Å². The molecule has 1 aliphatic heterocycles. The Balaban J connectivity index is 1.39. The maximum Gasteiger partial charge on any atom is 0.230 e. The van der Waals surface area contributed by atoms with Gasteiger partial charge in [-0.25, -0.2) is 0 Å². The van der Waals surface area contributed by atoms with Crippen LogP contribution in [0, 0.1) is 11.8 Å². The maximum absolute atomic E-state index is 5.46. The molecule has 5 heteroatoms. The van der Waals surface area contributed by atoms with E-state index >= 15 is 0 Å². The molecule has 2 unspecified atom stereocenters. The van der Waals surface area contributed by atoms with Crippen LogP contribution in [-0.4, -0.2) is 41.2 Å². The van der Waals surface area contributed by atoms with Gasteiger partial charge in [0.05, 0.1) is 6.54 Å². The Hall–Kier alpha value is -0.940. The second-order valence-corrected chi connectivity index (χ2v) is 5.86. The highest BCUT2D eigenvalue weighted by Crippen LogP contribution is 2.62. The van der Waals surface area contributed by atoms with Crippen LogP contribution in [0.2, 0.25) is 0 Å². The Morgan fingerprint density at radius 3 is 2.78 bits per heavy atom. The van der Waals surface area contributed by atoms with Gasteiger partial charge in [0.25, 0.3) is 0 Å². The zero-order chi connectivity index (χ0) is 11.9. The van der Waals surface area contributed by atoms with E-state index in [0.29, 0.717) is 5.92 Å². The molecule has 98 valence electrons. The van der Waals surface area contributed by atoms with Crippen molar-refractivity contribution in [1.29, 1.82) is 0 Å². The molecule has 2 saturated carbocycles. The molecule has 1 saturated heterocycles. The summed E-state index contributed by atoms with van der Waals surface area (Å²) in [4.78, 5) is 7.00. The van der Waals surface area contributed by atoms with E-state index < -0.39 is 0 Å². The standard InChI is InChI=1S/C13H20N4O/c1-2-9-10(3-1)12(9)13-15-11(16-18-13)8-17-6-4-14-5-7-17/h9-10,12,14H,1-8H2. The zero-order valence-electron chi connectivity index (χ0n) is 10.6. The average molecular weight is 248 g/mol. The van der Waals surface area contributed by atoms with Gasteiger partial charge < -0.3 is 9.84 Å². The van der Waals surface area contributed by atoms with Crippen LogP contribution >= 0.6 is 0 Å². The van der Waals surface area contributed by atoms with Crippen molar-refractivity contribution in [3.63, 3.8) is 0 Å². The van der Waals surface area contributed by atoms with Crippen molar-refractivity contribution in [1.82, 2.24) is 20.4 Å². The number of nitrogens with one attached hydrogen (secondary N) is 1. The van der Waals surface area contributed by atoms with Crippen molar-refractivity contribution in [2.24, 2.45) is 11.8 Å². The summed E-state index contributed by atoms with van der Waals surface area (Å²) in [5.41, 5.74) is 0. The lowest BCUT2D eigenvalue weighted by atomic mass is 10.1. The molecular weight excluding hydrogens is 228 g/mol. The van der Waals surface area contributed by atoms with Crippen LogP contribution in [0.4, 0.5) is 0 Å². The Morgan fingerprint density at radius 2 is 2.00 bits per heavy atom. The molecule has 0 radical (unpaired) electrons. The van der Waals surface area contributed by atoms with E-state index in [9.17, 15) is 0 Å². The number of piperazine rings is 1. The van der Waals surface area contributed by atoms with E-state index in [1.807, 2.05) is 0 Å². The molecule has 0 bridgehead atoms. The van der Waals surface area contributed by atoms with Gasteiger partial charge in [-0.3, -0.25) is 4.90 Å². The van der Waals surface area contributed by atoms with Crippen LogP contribution < -0.4 is 5.32 Å². The molecule has 2 heterocycles. The van der Waals surface area contributed by atoms with Gasteiger partial charge in [-0.05, 0) is 24.7 Å². The van der Waals surface area contributed by atoms with Crippen molar-refractivity contribution in [3.8, 4) is 0 Å². The highest BCUT2D eigenvalue weighted by Gasteiger charge is 2.56. The van der Waals surface area contributed by atoms with Crippen LogP contribution in [0.15, 0.2) is 4.52 Å². The topological polar surface area (TPSA) is 54.2 Å². The molecule has 3 fully saturated rings. The monoisotopic (exact) mass is 248 g/mol. The predicted octanol–water partition coefficient (Wildman–Crippen LogP) is 0.988. The first-order valence-electron chi connectivity index (χ1n) is 7.17. The fourth-order valence-corrected chi connectivity index (χ4v) is 3.72. The molecule has 5 nitrogen and oxygen atoms in total. The smallest absolute Gasteiger partial charge is 0.230 e. The Kier molecular flexibility index (Phi) is 2.62. The number of nitrogens with zero attached hydrogens (tertiary/aromatic N) is 3. The van der Waals surface area contributed by atoms with E-state index in [2.05, 4.69) is 20.4 Å². The lowest BCUT2D eigenvalue weighted by Gasteiger charge is -2.25. The van der Waals surface area contributed by atoms with Crippen molar-refractivity contribution in [2.75, 3.05) is 26.2 Å². The molecule has 18 heavy (non-hydrogen) atoms. The molecular formula is C13H20N4O. The second kappa shape index (κ2) is 4.31. The minimum Gasteiger partial charge on any atom is -0.339 e. The number of hydrogen-bond acceptors (Lipinski definition) is 5. The molecule has 0 aromatic carbocycles. The van der Waals surface area contributed by atoms with Crippen LogP contribution in [0.25, 0.3) is 0 Å². The van der Waals surface area contributed by atoms with Crippen molar-refractivity contribution >= 4 is 0 Å². The normalized spacial score (nSPS) is 35.7. The molecule has 0 spiro atoms. The molecule has 0 amide bonds. The summed E-state index contributed by atoms with van der Waals surface area (Å²) in [6, 6.07) is 0. The Morgan fingerprint density at radius 1 is 1.22 bits per heavy atom. The largest absolute Gasteiger partial charge is 0.339 e. The van der Waals surface area contributed by atoms with Crippen LogP contribution in [0.1, 0.15) is 36.9 Å². The first-order valence-corrected chi connectivity index (χ1v) is 7.17. The van der Waals surface area contributed by atoms with Crippen LogP contribution in [0.5, 0.6) is 0 Å². The van der Waals surface area contributed by atoms with Gasteiger partial charge in [-0.2, -0.15) is 4.98 Å². The Labute approximate surface area is 107 Å². The lowest BCUT2D eigenvalue weighted by Crippen LogP contribution is -2.43. The summed E-state index contributed by atoms with van der Waals surface area (Å²) in [5.74, 6) is 4.10. The van der Waals surface area contributed by atoms with Gasteiger partial charge in [0.15, 0.2) is 5.82 Å². The number of rotatable bonds is 3. The van der Waals surface area contributed by atoms with E-state index in [1.165, 1.54) is 19.3 Å². The SMILES string of the molecule is C1CC2C(C1)C2c1nc(CN2CCNCC2)no1. The number of aromatic nitrogens is 2. The fraction of sp³-hybridized carbons (Fsp3) is 0.846. The first kappa shape index (κ1) is 10.9. The minimum atomic E-state index is 0.600. The fourth-order valence-electron chi connectivity index (χ4n) is 3.72. The molecule has 1 aromatic heterocycles. The third-order valence-corrected chi connectivity index (χ3v) is 4.75. The van der Waals surface area contributed by atoms with Crippen LogP contribution in [0.3, 0.4) is 0 Å². The van der Waals surface area contributed by atoms with Gasteiger partial charge in [-0.1, -0.05) is 11.6 Å². The highest BCUT2D eigenvalue weighted by molar-refractivity contribution is 5.15. The van der Waals surface area contributed by atoms with Gasteiger partial charge in [0, 0.05) is 32.1 Å². The molecule has 2 atom stereocenters. The van der Waals surface area contributed by atoms with E-state index in [4.69, 9.17) is 4.52 Å². The summed E-state index contributed by atoms with van der Waals surface area (Å²) >= 11 is 0. The number of hydrogen-bond donors (Lipinski definition) is 1. The van der Waals surface area contributed by atoms with Gasteiger partial charge in [-0.15, -0.1) is 0 Å². The summed E-state index contributed by atoms with van der Waals surface area (Å²) < 4.78 is 5.46. The third-order valence-electron chi connectivity index (χ3n) is 4.75. The van der Waals surface area contributed by atoms with Crippen molar-refractivity contribution in [2.45, 2.75) is 31.7 Å². The Bertz CT molecular complexity index is 416. The maximum atomic E-state index is 5.46. The van der Waals surface area contributed by atoms with E-state index in [0.717, 1.165) is 56.3 Å². The molecule has 3 aliphatic rings. The highest BCUT2D eigenvalue weighted by atomic mass is 16.5. The quantitative estimate of drug-likeness (QED) is 0.864. The predicted molar refractivity (Wildman–Crippen MR) is 66.0 cm³/mol. The summed E-state index contributed by atoms with van der Waals surface area (Å²) in [5, 5.41) is 7.51. The van der Waals surface area contributed by atoms with Crippen LogP contribution in [-0.2, 0) is 6.54 Å². The second-order valence-electron chi connectivity index (χ2n) is 5.86. The summed E-state index contributed by atoms with van der Waals surface area (Å²) in [6.45, 7) is 5.14. The minimum absolute atomic E-state index is 0.600. The molecule has 1 aromatic rings. The lowest BCUT2D eigenvalue weighted by molar-refractivity contribution is 0.224. The van der Waals surface area contributed by atoms with Gasteiger partial charge >= 0.3 is 0 Å². The average Bonchev–Trinajstić information content (AvgIpc) is 2.82. The first-order chi connectivity index (χ1) is 8.92. The zero-order valence-corrected chi connectivity index (χ0v) is 10.6. The van der Waals surface area contributed by atoms with E-state index in [-0.39, 0.29) is 0 Å². The molecule has 1 N–H and O–H groups in total. The van der Waals surface area contributed by atoms with E-state index in [1.54, 1.807) is 0 Å². The van der Waals surface area contributed by atoms with Gasteiger partial charge in [0.1, 0.15) is 0 Å². The summed E-state index contributed by atoms with van der Waals surface area (Å²) in [7, 11) is 0. The third kappa shape index (κ3) is 1.86. The number of fused-ring (bicyclic) bond motifs is 1. The molecule has 2 aliphatic carbocycles. The molecule has 4 rings (SSSR count). The summed E-state index contributed by atoms with van der Waals surface area (Å²) in [6.07, 6.45) is 4.13. The van der Waals surface area contributed by atoms with Crippen molar-refractivity contribution in [3.05, 3.63) is 11.7 Å². The van der Waals surface area contributed by atoms with Crippen molar-refractivity contribution < 1.29 is 4.52 Å².